The molecule has 3 saturated heterocycles. The third kappa shape index (κ3) is 4.28. The molecule has 0 bridgehead atoms. The number of benzene rings is 1. The van der Waals surface area contributed by atoms with Crippen LogP contribution in [0.1, 0.15) is 33.5 Å². The molecule has 0 radical (unpaired) electrons. The molecule has 0 unspecified atom stereocenters. The van der Waals surface area contributed by atoms with E-state index in [1.165, 1.54) is 0 Å². The van der Waals surface area contributed by atoms with Gasteiger partial charge < -0.3 is 37.7 Å². The van der Waals surface area contributed by atoms with E-state index in [4.69, 9.17) is 37.7 Å². The molecule has 3 fully saturated rings. The summed E-state index contributed by atoms with van der Waals surface area (Å²) in [6, 6.07) is 9.48. The Kier molecular flexibility index (Phi) is 5.51. The Hall–Kier alpha value is -2.01. The fourth-order valence-corrected chi connectivity index (χ4v) is 4.33. The van der Waals surface area contributed by atoms with Crippen LogP contribution in [0.5, 0.6) is 5.75 Å². The summed E-state index contributed by atoms with van der Waals surface area (Å²) in [6.45, 7) is 8.09. The molecule has 3 aliphatic rings. The Labute approximate surface area is 186 Å². The van der Waals surface area contributed by atoms with Crippen LogP contribution in [0.15, 0.2) is 34.9 Å². The van der Waals surface area contributed by atoms with Crippen LogP contribution in [0.2, 0.25) is 0 Å². The van der Waals surface area contributed by atoms with Gasteiger partial charge in [-0.3, -0.25) is 0 Å². The first-order valence-corrected chi connectivity index (χ1v) is 10.8. The van der Waals surface area contributed by atoms with Crippen LogP contribution < -0.4 is 4.74 Å². The summed E-state index contributed by atoms with van der Waals surface area (Å²) in [7, 11) is 1.63. The average molecular weight is 447 g/mol. The lowest BCUT2D eigenvalue weighted by Crippen LogP contribution is -2.44. The van der Waals surface area contributed by atoms with Gasteiger partial charge in [0.05, 0.1) is 13.7 Å². The second-order valence-electron chi connectivity index (χ2n) is 9.12. The molecule has 5 rings (SSSR count). The van der Waals surface area contributed by atoms with E-state index in [2.05, 4.69) is 5.16 Å². The van der Waals surface area contributed by atoms with Crippen LogP contribution in [0.3, 0.4) is 0 Å². The van der Waals surface area contributed by atoms with E-state index in [-0.39, 0.29) is 18.8 Å². The molecule has 1 aromatic carbocycles. The van der Waals surface area contributed by atoms with Crippen molar-refractivity contribution < 1.29 is 37.7 Å². The van der Waals surface area contributed by atoms with Crippen molar-refractivity contribution in [1.29, 1.82) is 0 Å². The summed E-state index contributed by atoms with van der Waals surface area (Å²) in [5.41, 5.74) is 1.65. The Balaban J connectivity index is 1.29. The lowest BCUT2D eigenvalue weighted by Gasteiger charge is -2.28. The van der Waals surface area contributed by atoms with E-state index in [1.807, 2.05) is 58.0 Å². The molecule has 0 spiro atoms. The minimum absolute atomic E-state index is 0.206. The normalized spacial score (nSPS) is 32.8. The monoisotopic (exact) mass is 447 g/mol. The van der Waals surface area contributed by atoms with Gasteiger partial charge >= 0.3 is 0 Å². The second kappa shape index (κ2) is 8.09. The predicted octanol–water partition coefficient (Wildman–Crippen LogP) is 3.26. The van der Waals surface area contributed by atoms with Gasteiger partial charge in [-0.05, 0) is 52.0 Å². The molecule has 174 valence electrons. The minimum Gasteiger partial charge on any atom is -0.497 e. The van der Waals surface area contributed by atoms with Gasteiger partial charge in [0, 0.05) is 11.6 Å². The first-order chi connectivity index (χ1) is 15.2. The van der Waals surface area contributed by atoms with Gasteiger partial charge in [0.25, 0.3) is 0 Å². The maximum absolute atomic E-state index is 6.26. The molecule has 0 saturated carbocycles. The highest BCUT2D eigenvalue weighted by Gasteiger charge is 2.59. The molecule has 5 atom stereocenters. The number of hydrogen-bond acceptors (Lipinski definition) is 9. The van der Waals surface area contributed by atoms with Crippen LogP contribution in [0.25, 0.3) is 11.3 Å². The van der Waals surface area contributed by atoms with Crippen molar-refractivity contribution in [1.82, 2.24) is 5.16 Å². The number of hydrogen-bond donors (Lipinski definition) is 0. The maximum atomic E-state index is 6.26. The average Bonchev–Trinajstić information content (AvgIpc) is 3.49. The van der Waals surface area contributed by atoms with Crippen molar-refractivity contribution >= 4 is 0 Å². The Morgan fingerprint density at radius 1 is 1.00 bits per heavy atom. The SMILES string of the molecule is COc1ccc(-c2cc(CO[C@@H]3[C@H]4OC(C)(C)O[C@H]4O[C@@H]3[C@H]3COC(C)(C)O3)on2)cc1. The van der Waals surface area contributed by atoms with Gasteiger partial charge in [0.15, 0.2) is 23.6 Å². The zero-order chi connectivity index (χ0) is 22.5. The Morgan fingerprint density at radius 3 is 2.47 bits per heavy atom. The van der Waals surface area contributed by atoms with Gasteiger partial charge in [0.2, 0.25) is 0 Å². The summed E-state index contributed by atoms with van der Waals surface area (Å²) in [5, 5.41) is 4.16. The zero-order valence-corrected chi connectivity index (χ0v) is 18.9. The van der Waals surface area contributed by atoms with E-state index in [9.17, 15) is 0 Å². The molecule has 2 aromatic rings. The maximum Gasteiger partial charge on any atom is 0.190 e. The number of ether oxygens (including phenoxy) is 7. The first kappa shape index (κ1) is 21.8. The lowest BCUT2D eigenvalue weighted by molar-refractivity contribution is -0.237. The zero-order valence-electron chi connectivity index (χ0n) is 18.9. The predicted molar refractivity (Wildman–Crippen MR) is 111 cm³/mol. The lowest BCUT2D eigenvalue weighted by atomic mass is 10.1. The standard InChI is InChI=1S/C23H29NO8/c1-22(2)27-12-17(29-22)18-19(20-21(28-18)31-23(3,4)30-20)26-11-15-10-16(24-32-15)13-6-8-14(25-5)9-7-13/h6-10,17-21H,11-12H2,1-5H3/t17-,18-,19+,20-,21-/m1/s1. The molecular formula is C23H29NO8. The fraction of sp³-hybridized carbons (Fsp3) is 0.609. The summed E-state index contributed by atoms with van der Waals surface area (Å²) in [6.07, 6.45) is -2.02. The molecule has 9 heteroatoms. The van der Waals surface area contributed by atoms with Crippen LogP contribution in [0.4, 0.5) is 0 Å². The molecule has 0 N–H and O–H groups in total. The van der Waals surface area contributed by atoms with Crippen molar-refractivity contribution in [2.75, 3.05) is 13.7 Å². The molecular weight excluding hydrogens is 418 g/mol. The number of aromatic nitrogens is 1. The van der Waals surface area contributed by atoms with Crippen LogP contribution >= 0.6 is 0 Å². The number of rotatable bonds is 6. The van der Waals surface area contributed by atoms with E-state index in [0.29, 0.717) is 12.4 Å². The van der Waals surface area contributed by atoms with Crippen LogP contribution in [-0.4, -0.2) is 61.2 Å². The third-order valence-corrected chi connectivity index (χ3v) is 5.79. The Morgan fingerprint density at radius 2 is 1.78 bits per heavy atom. The Bertz CT molecular complexity index is 940. The number of methoxy groups -OCH3 is 1. The van der Waals surface area contributed by atoms with Crippen molar-refractivity contribution in [3.63, 3.8) is 0 Å². The molecule has 4 heterocycles. The van der Waals surface area contributed by atoms with Crippen molar-refractivity contribution in [2.24, 2.45) is 0 Å². The van der Waals surface area contributed by atoms with Crippen molar-refractivity contribution in [3.05, 3.63) is 36.1 Å². The molecule has 0 aliphatic carbocycles. The highest BCUT2D eigenvalue weighted by atomic mass is 16.8. The van der Waals surface area contributed by atoms with Crippen molar-refractivity contribution in [3.8, 4) is 17.0 Å². The number of fused-ring (bicyclic) bond motifs is 1. The van der Waals surface area contributed by atoms with E-state index >= 15 is 0 Å². The third-order valence-electron chi connectivity index (χ3n) is 5.79. The number of nitrogens with zero attached hydrogens (tertiary/aromatic N) is 1. The summed E-state index contributed by atoms with van der Waals surface area (Å²) in [4.78, 5) is 0. The first-order valence-electron chi connectivity index (χ1n) is 10.8. The van der Waals surface area contributed by atoms with Gasteiger partial charge in [-0.15, -0.1) is 0 Å². The van der Waals surface area contributed by atoms with E-state index in [1.54, 1.807) is 7.11 Å². The summed E-state index contributed by atoms with van der Waals surface area (Å²) < 4.78 is 46.9. The topological polar surface area (TPSA) is 90.6 Å². The molecule has 1 aromatic heterocycles. The van der Waals surface area contributed by atoms with Gasteiger partial charge in [0.1, 0.15) is 42.5 Å². The van der Waals surface area contributed by atoms with Crippen molar-refractivity contribution in [2.45, 2.75) is 76.6 Å². The molecule has 32 heavy (non-hydrogen) atoms. The van der Waals surface area contributed by atoms with Crippen LogP contribution in [0, 0.1) is 0 Å². The summed E-state index contributed by atoms with van der Waals surface area (Å²) >= 11 is 0. The quantitative estimate of drug-likeness (QED) is 0.662. The summed E-state index contributed by atoms with van der Waals surface area (Å²) in [5.74, 6) is -0.0389. The van der Waals surface area contributed by atoms with E-state index < -0.39 is 30.1 Å². The molecule has 0 amide bonds. The largest absolute Gasteiger partial charge is 0.497 e. The highest BCUT2D eigenvalue weighted by molar-refractivity contribution is 5.59. The smallest absolute Gasteiger partial charge is 0.190 e. The van der Waals surface area contributed by atoms with Gasteiger partial charge in [-0.2, -0.15) is 0 Å². The molecule has 3 aliphatic heterocycles. The van der Waals surface area contributed by atoms with Gasteiger partial charge in [-0.1, -0.05) is 5.16 Å². The van der Waals surface area contributed by atoms with E-state index in [0.717, 1.165) is 17.0 Å². The molecule has 9 nitrogen and oxygen atoms in total. The highest BCUT2D eigenvalue weighted by Crippen LogP contribution is 2.42. The van der Waals surface area contributed by atoms with Gasteiger partial charge in [-0.25, -0.2) is 0 Å². The minimum atomic E-state index is -0.748. The fourth-order valence-electron chi connectivity index (χ4n) is 4.33. The van der Waals surface area contributed by atoms with Crippen LogP contribution in [-0.2, 0) is 35.0 Å². The second-order valence-corrected chi connectivity index (χ2v) is 9.12.